The smallest absolute Gasteiger partial charge is 0.319 e. The standard InChI is InChI=1S/C16H22ClN5O/c1-10(7-13-8-11(2)20-21-13)18-16(23)19-14-9-12(17)5-6-15(14)22(3)4/h5-6,8-10H,7H2,1-4H3,(H,20,21)(H2,18,19,23). The maximum atomic E-state index is 12.2. The van der Waals surface area contributed by atoms with Crippen LogP contribution in [0.4, 0.5) is 16.2 Å². The molecule has 23 heavy (non-hydrogen) atoms. The first-order chi connectivity index (χ1) is 10.8. The van der Waals surface area contributed by atoms with Crippen LogP contribution in [0.3, 0.4) is 0 Å². The lowest BCUT2D eigenvalue weighted by atomic mass is 10.2. The fourth-order valence-corrected chi connectivity index (χ4v) is 2.50. The van der Waals surface area contributed by atoms with E-state index in [1.54, 1.807) is 12.1 Å². The number of hydrogen-bond donors (Lipinski definition) is 3. The number of nitrogens with one attached hydrogen (secondary N) is 3. The molecule has 2 aromatic rings. The molecule has 0 spiro atoms. The van der Waals surface area contributed by atoms with E-state index in [1.807, 2.05) is 45.0 Å². The minimum Gasteiger partial charge on any atom is -0.376 e. The Bertz CT molecular complexity index is 683. The normalized spacial score (nSPS) is 11.9. The molecule has 1 aromatic carbocycles. The van der Waals surface area contributed by atoms with E-state index in [0.717, 1.165) is 17.1 Å². The van der Waals surface area contributed by atoms with Crippen molar-refractivity contribution in [1.29, 1.82) is 0 Å². The number of aryl methyl sites for hydroxylation is 1. The van der Waals surface area contributed by atoms with Gasteiger partial charge >= 0.3 is 6.03 Å². The third-order valence-electron chi connectivity index (χ3n) is 3.34. The van der Waals surface area contributed by atoms with E-state index in [1.165, 1.54) is 0 Å². The molecule has 1 heterocycles. The Morgan fingerprint density at radius 3 is 2.74 bits per heavy atom. The fourth-order valence-electron chi connectivity index (χ4n) is 2.32. The molecule has 7 heteroatoms. The van der Waals surface area contributed by atoms with Crippen LogP contribution in [-0.4, -0.2) is 36.4 Å². The average Bonchev–Trinajstić information content (AvgIpc) is 2.83. The molecule has 2 rings (SSSR count). The van der Waals surface area contributed by atoms with E-state index < -0.39 is 0 Å². The van der Waals surface area contributed by atoms with Crippen LogP contribution in [0.1, 0.15) is 18.3 Å². The summed E-state index contributed by atoms with van der Waals surface area (Å²) in [6.45, 7) is 3.89. The quantitative estimate of drug-likeness (QED) is 0.785. The highest BCUT2D eigenvalue weighted by atomic mass is 35.5. The maximum absolute atomic E-state index is 12.2. The van der Waals surface area contributed by atoms with Crippen LogP contribution in [0.15, 0.2) is 24.3 Å². The van der Waals surface area contributed by atoms with E-state index in [0.29, 0.717) is 17.1 Å². The van der Waals surface area contributed by atoms with Gasteiger partial charge in [-0.15, -0.1) is 0 Å². The van der Waals surface area contributed by atoms with Crippen molar-refractivity contribution in [3.05, 3.63) is 40.7 Å². The van der Waals surface area contributed by atoms with Crippen molar-refractivity contribution in [2.75, 3.05) is 24.3 Å². The molecule has 1 unspecified atom stereocenters. The largest absolute Gasteiger partial charge is 0.376 e. The molecule has 0 aliphatic rings. The second-order valence-electron chi connectivity index (χ2n) is 5.80. The predicted molar refractivity (Wildman–Crippen MR) is 94.4 cm³/mol. The Hall–Kier alpha value is -2.21. The van der Waals surface area contributed by atoms with Crippen LogP contribution in [0.5, 0.6) is 0 Å². The number of aromatic nitrogens is 2. The van der Waals surface area contributed by atoms with Gasteiger partial charge in [0.2, 0.25) is 0 Å². The second-order valence-corrected chi connectivity index (χ2v) is 6.24. The van der Waals surface area contributed by atoms with Crippen molar-refractivity contribution < 1.29 is 4.79 Å². The van der Waals surface area contributed by atoms with Gasteiger partial charge in [-0.3, -0.25) is 5.10 Å². The summed E-state index contributed by atoms with van der Waals surface area (Å²) in [6.07, 6.45) is 0.661. The monoisotopic (exact) mass is 335 g/mol. The summed E-state index contributed by atoms with van der Waals surface area (Å²) in [7, 11) is 3.82. The molecular weight excluding hydrogens is 314 g/mol. The summed E-state index contributed by atoms with van der Waals surface area (Å²) in [4.78, 5) is 14.1. The highest BCUT2D eigenvalue weighted by Crippen LogP contribution is 2.27. The van der Waals surface area contributed by atoms with E-state index in [-0.39, 0.29) is 12.1 Å². The Kier molecular flexibility index (Phi) is 5.50. The van der Waals surface area contributed by atoms with E-state index in [2.05, 4.69) is 20.8 Å². The van der Waals surface area contributed by atoms with Gasteiger partial charge in [0.1, 0.15) is 0 Å². The first kappa shape index (κ1) is 17.1. The van der Waals surface area contributed by atoms with Gasteiger partial charge in [0, 0.05) is 37.3 Å². The second kappa shape index (κ2) is 7.37. The molecule has 0 fully saturated rings. The van der Waals surface area contributed by atoms with Gasteiger partial charge in [-0.2, -0.15) is 5.10 Å². The zero-order valence-corrected chi connectivity index (χ0v) is 14.5. The van der Waals surface area contributed by atoms with Crippen LogP contribution < -0.4 is 15.5 Å². The summed E-state index contributed by atoms with van der Waals surface area (Å²) >= 11 is 6.02. The molecular formula is C16H22ClN5O. The van der Waals surface area contributed by atoms with Crippen LogP contribution in [0.25, 0.3) is 0 Å². The number of hydrogen-bond acceptors (Lipinski definition) is 3. The SMILES string of the molecule is Cc1cc(CC(C)NC(=O)Nc2cc(Cl)ccc2N(C)C)n[nH]1. The Morgan fingerprint density at radius 2 is 2.13 bits per heavy atom. The lowest BCUT2D eigenvalue weighted by Gasteiger charge is -2.19. The van der Waals surface area contributed by atoms with Crippen LogP contribution in [0, 0.1) is 6.92 Å². The van der Waals surface area contributed by atoms with Crippen molar-refractivity contribution in [3.63, 3.8) is 0 Å². The predicted octanol–water partition coefficient (Wildman–Crippen LogP) is 3.19. The van der Waals surface area contributed by atoms with Gasteiger partial charge in [-0.25, -0.2) is 4.79 Å². The summed E-state index contributed by atoms with van der Waals surface area (Å²) in [6, 6.07) is 7.06. The average molecular weight is 336 g/mol. The molecule has 0 radical (unpaired) electrons. The van der Waals surface area contributed by atoms with Gasteiger partial charge in [-0.05, 0) is 38.1 Å². The number of nitrogens with zero attached hydrogens (tertiary/aromatic N) is 2. The molecule has 0 aliphatic heterocycles. The zero-order valence-electron chi connectivity index (χ0n) is 13.8. The lowest BCUT2D eigenvalue weighted by molar-refractivity contribution is 0.249. The number of anilines is 2. The molecule has 0 aliphatic carbocycles. The van der Waals surface area contributed by atoms with Crippen molar-refractivity contribution in [2.24, 2.45) is 0 Å². The molecule has 124 valence electrons. The number of aromatic amines is 1. The van der Waals surface area contributed by atoms with E-state index >= 15 is 0 Å². The van der Waals surface area contributed by atoms with Gasteiger partial charge in [-0.1, -0.05) is 11.6 Å². The first-order valence-corrected chi connectivity index (χ1v) is 7.78. The summed E-state index contributed by atoms with van der Waals surface area (Å²) in [5.74, 6) is 0. The minimum atomic E-state index is -0.268. The number of carbonyl (C=O) groups is 1. The highest BCUT2D eigenvalue weighted by Gasteiger charge is 2.12. The maximum Gasteiger partial charge on any atom is 0.319 e. The van der Waals surface area contributed by atoms with E-state index in [4.69, 9.17) is 11.6 Å². The number of halogens is 1. The van der Waals surface area contributed by atoms with Crippen LogP contribution in [0.2, 0.25) is 5.02 Å². The van der Waals surface area contributed by atoms with Crippen molar-refractivity contribution in [3.8, 4) is 0 Å². The van der Waals surface area contributed by atoms with Crippen LogP contribution >= 0.6 is 11.6 Å². The molecule has 1 aromatic heterocycles. The molecule has 1 atom stereocenters. The highest BCUT2D eigenvalue weighted by molar-refractivity contribution is 6.31. The number of H-pyrrole nitrogens is 1. The Morgan fingerprint density at radius 1 is 1.39 bits per heavy atom. The molecule has 6 nitrogen and oxygen atoms in total. The molecule has 2 amide bonds. The van der Waals surface area contributed by atoms with Crippen LogP contribution in [-0.2, 0) is 6.42 Å². The Balaban J connectivity index is 1.98. The summed E-state index contributed by atoms with van der Waals surface area (Å²) in [5.41, 5.74) is 3.49. The van der Waals surface area contributed by atoms with E-state index in [9.17, 15) is 4.79 Å². The van der Waals surface area contributed by atoms with Gasteiger partial charge < -0.3 is 15.5 Å². The van der Waals surface area contributed by atoms with Crippen molar-refractivity contribution in [2.45, 2.75) is 26.3 Å². The van der Waals surface area contributed by atoms with Gasteiger partial charge in [0.15, 0.2) is 0 Å². The third-order valence-corrected chi connectivity index (χ3v) is 3.58. The lowest BCUT2D eigenvalue weighted by Crippen LogP contribution is -2.37. The topological polar surface area (TPSA) is 73.1 Å². The molecule has 0 bridgehead atoms. The van der Waals surface area contributed by atoms with Gasteiger partial charge in [0.25, 0.3) is 0 Å². The minimum absolute atomic E-state index is 0.0420. The van der Waals surface area contributed by atoms with Crippen molar-refractivity contribution >= 4 is 29.0 Å². The number of amides is 2. The molecule has 3 N–H and O–H groups in total. The Labute approximate surface area is 141 Å². The first-order valence-electron chi connectivity index (χ1n) is 7.40. The number of urea groups is 1. The third kappa shape index (κ3) is 4.89. The number of carbonyl (C=O) groups excluding carboxylic acids is 1. The molecule has 0 saturated heterocycles. The van der Waals surface area contributed by atoms with Gasteiger partial charge in [0.05, 0.1) is 17.1 Å². The fraction of sp³-hybridized carbons (Fsp3) is 0.375. The molecule has 0 saturated carbocycles. The summed E-state index contributed by atoms with van der Waals surface area (Å²) < 4.78 is 0. The number of benzene rings is 1. The van der Waals surface area contributed by atoms with Crippen molar-refractivity contribution in [1.82, 2.24) is 15.5 Å². The summed E-state index contributed by atoms with van der Waals surface area (Å²) in [5, 5.41) is 13.4. The zero-order chi connectivity index (χ0) is 17.0. The number of rotatable bonds is 5.